The molecular formula is C19H21N5O2. The average Bonchev–Trinajstić information content (AvgIpc) is 2.68. The van der Waals surface area contributed by atoms with Gasteiger partial charge >= 0.3 is 0 Å². The molecule has 0 radical (unpaired) electrons. The molecule has 0 spiro atoms. The molecule has 0 saturated heterocycles. The highest BCUT2D eigenvalue weighted by Gasteiger charge is 2.09. The predicted octanol–water partition coefficient (Wildman–Crippen LogP) is 3.08. The zero-order chi connectivity index (χ0) is 18.4. The fourth-order valence-corrected chi connectivity index (χ4v) is 2.36. The summed E-state index contributed by atoms with van der Waals surface area (Å²) in [5.41, 5.74) is 2.53. The molecule has 0 fully saturated rings. The Labute approximate surface area is 152 Å². The van der Waals surface area contributed by atoms with Gasteiger partial charge in [0.15, 0.2) is 0 Å². The van der Waals surface area contributed by atoms with Crippen molar-refractivity contribution in [1.29, 1.82) is 0 Å². The zero-order valence-corrected chi connectivity index (χ0v) is 14.7. The third-order valence-electron chi connectivity index (χ3n) is 3.69. The molecule has 0 aliphatic heterocycles. The molecule has 2 heterocycles. The van der Waals surface area contributed by atoms with E-state index in [1.54, 1.807) is 19.5 Å². The third kappa shape index (κ3) is 4.46. The van der Waals surface area contributed by atoms with Crippen LogP contribution in [0.3, 0.4) is 0 Å². The van der Waals surface area contributed by atoms with Crippen LogP contribution in [0.1, 0.15) is 6.92 Å². The number of pyridine rings is 1. The summed E-state index contributed by atoms with van der Waals surface area (Å²) >= 11 is 0. The first-order valence-corrected chi connectivity index (χ1v) is 8.26. The van der Waals surface area contributed by atoms with Crippen LogP contribution >= 0.6 is 0 Å². The van der Waals surface area contributed by atoms with Crippen molar-refractivity contribution in [3.8, 4) is 17.0 Å². The number of aliphatic hydroxyl groups excluding tert-OH is 1. The summed E-state index contributed by atoms with van der Waals surface area (Å²) in [5, 5.41) is 15.7. The molecule has 134 valence electrons. The van der Waals surface area contributed by atoms with E-state index < -0.39 is 0 Å². The summed E-state index contributed by atoms with van der Waals surface area (Å²) in [5.74, 6) is 1.82. The van der Waals surface area contributed by atoms with Crippen LogP contribution in [0, 0.1) is 0 Å². The van der Waals surface area contributed by atoms with Crippen molar-refractivity contribution in [3.05, 3.63) is 54.9 Å². The number of methoxy groups -OCH3 is 1. The highest BCUT2D eigenvalue weighted by molar-refractivity contribution is 5.67. The van der Waals surface area contributed by atoms with Crippen molar-refractivity contribution in [3.63, 3.8) is 0 Å². The van der Waals surface area contributed by atoms with Crippen molar-refractivity contribution in [2.45, 2.75) is 13.0 Å². The fourth-order valence-electron chi connectivity index (χ4n) is 2.36. The third-order valence-corrected chi connectivity index (χ3v) is 3.69. The smallest absolute Gasteiger partial charge is 0.225 e. The van der Waals surface area contributed by atoms with Gasteiger partial charge in [-0.15, -0.1) is 0 Å². The second-order valence-corrected chi connectivity index (χ2v) is 5.78. The van der Waals surface area contributed by atoms with E-state index in [1.807, 2.05) is 49.4 Å². The number of aliphatic hydroxyl groups is 1. The van der Waals surface area contributed by atoms with Gasteiger partial charge in [0.1, 0.15) is 11.6 Å². The van der Waals surface area contributed by atoms with Gasteiger partial charge in [-0.05, 0) is 31.2 Å². The Morgan fingerprint density at radius 3 is 2.65 bits per heavy atom. The summed E-state index contributed by atoms with van der Waals surface area (Å²) in [6.45, 7) is 1.85. The van der Waals surface area contributed by atoms with Crippen LogP contribution in [-0.4, -0.2) is 39.8 Å². The minimum absolute atomic E-state index is 0.0124. The number of benzene rings is 1. The van der Waals surface area contributed by atoms with Crippen LogP contribution in [0.2, 0.25) is 0 Å². The Hall–Kier alpha value is -3.19. The lowest BCUT2D eigenvalue weighted by atomic mass is 10.2. The first kappa shape index (κ1) is 17.6. The van der Waals surface area contributed by atoms with Crippen LogP contribution in [-0.2, 0) is 0 Å². The first-order valence-electron chi connectivity index (χ1n) is 8.26. The number of nitrogens with one attached hydrogen (secondary N) is 2. The Kier molecular flexibility index (Phi) is 5.60. The zero-order valence-electron chi connectivity index (χ0n) is 14.7. The Balaban J connectivity index is 1.96. The molecule has 1 aromatic carbocycles. The monoisotopic (exact) mass is 351 g/mol. The minimum atomic E-state index is -0.160. The van der Waals surface area contributed by atoms with Crippen LogP contribution in [0.4, 0.5) is 17.5 Å². The average molecular weight is 351 g/mol. The standard InChI is InChI=1S/C19H21N5O2/c1-13(12-25)21-19-23-17(14-6-8-20-9-7-14)11-18(24-19)22-15-4-3-5-16(10-15)26-2/h3-11,13,25H,12H2,1-2H3,(H2,21,22,23,24)/t13-/m1/s1. The fraction of sp³-hybridized carbons (Fsp3) is 0.211. The van der Waals surface area contributed by atoms with Gasteiger partial charge in [-0.1, -0.05) is 6.07 Å². The van der Waals surface area contributed by atoms with Crippen LogP contribution in [0.15, 0.2) is 54.9 Å². The molecule has 3 rings (SSSR count). The number of aromatic nitrogens is 3. The molecule has 0 aliphatic carbocycles. The van der Waals surface area contributed by atoms with E-state index in [-0.39, 0.29) is 12.6 Å². The van der Waals surface area contributed by atoms with E-state index in [0.717, 1.165) is 22.7 Å². The summed E-state index contributed by atoms with van der Waals surface area (Å²) < 4.78 is 5.26. The first-order chi connectivity index (χ1) is 12.7. The number of hydrogen-bond donors (Lipinski definition) is 3. The van der Waals surface area contributed by atoms with E-state index in [2.05, 4.69) is 25.6 Å². The van der Waals surface area contributed by atoms with Crippen molar-refractivity contribution in [1.82, 2.24) is 15.0 Å². The summed E-state index contributed by atoms with van der Waals surface area (Å²) in [4.78, 5) is 13.1. The SMILES string of the molecule is COc1cccc(Nc2cc(-c3ccncc3)nc(N[C@H](C)CO)n2)c1. The number of rotatable bonds is 7. The largest absolute Gasteiger partial charge is 0.497 e. The summed E-state index contributed by atoms with van der Waals surface area (Å²) in [7, 11) is 1.63. The van der Waals surface area contributed by atoms with Crippen LogP contribution in [0.25, 0.3) is 11.3 Å². The molecule has 3 N–H and O–H groups in total. The number of ether oxygens (including phenoxy) is 1. The highest BCUT2D eigenvalue weighted by atomic mass is 16.5. The topological polar surface area (TPSA) is 92.2 Å². The molecule has 1 atom stereocenters. The number of nitrogens with zero attached hydrogens (tertiary/aromatic N) is 3. The summed E-state index contributed by atoms with van der Waals surface area (Å²) in [6.07, 6.45) is 3.44. The summed E-state index contributed by atoms with van der Waals surface area (Å²) in [6, 6.07) is 13.1. The van der Waals surface area contributed by atoms with Crippen molar-refractivity contribution < 1.29 is 9.84 Å². The lowest BCUT2D eigenvalue weighted by Gasteiger charge is -2.14. The minimum Gasteiger partial charge on any atom is -0.497 e. The molecule has 0 unspecified atom stereocenters. The number of hydrogen-bond acceptors (Lipinski definition) is 7. The molecule has 0 saturated carbocycles. The molecule has 7 nitrogen and oxygen atoms in total. The molecule has 3 aromatic rings. The molecule has 0 bridgehead atoms. The molecule has 0 amide bonds. The van der Waals surface area contributed by atoms with E-state index in [9.17, 15) is 5.11 Å². The van der Waals surface area contributed by atoms with Gasteiger partial charge in [0.25, 0.3) is 0 Å². The second-order valence-electron chi connectivity index (χ2n) is 5.78. The Morgan fingerprint density at radius 2 is 1.92 bits per heavy atom. The van der Waals surface area contributed by atoms with E-state index in [4.69, 9.17) is 4.74 Å². The molecule has 0 aliphatic rings. The van der Waals surface area contributed by atoms with Crippen molar-refractivity contribution in [2.75, 3.05) is 24.4 Å². The maximum atomic E-state index is 9.29. The quantitative estimate of drug-likeness (QED) is 0.602. The van der Waals surface area contributed by atoms with E-state index in [1.165, 1.54) is 0 Å². The van der Waals surface area contributed by atoms with Gasteiger partial charge in [-0.3, -0.25) is 4.98 Å². The van der Waals surface area contributed by atoms with Gasteiger partial charge < -0.3 is 20.5 Å². The lowest BCUT2D eigenvalue weighted by molar-refractivity contribution is 0.281. The molecule has 7 heteroatoms. The Bertz CT molecular complexity index is 858. The normalized spacial score (nSPS) is 11.7. The Morgan fingerprint density at radius 1 is 1.12 bits per heavy atom. The highest BCUT2D eigenvalue weighted by Crippen LogP contribution is 2.25. The van der Waals surface area contributed by atoms with Crippen molar-refractivity contribution >= 4 is 17.5 Å². The molecule has 2 aromatic heterocycles. The maximum absolute atomic E-state index is 9.29. The molecular weight excluding hydrogens is 330 g/mol. The van der Waals surface area contributed by atoms with Gasteiger partial charge in [-0.2, -0.15) is 4.98 Å². The van der Waals surface area contributed by atoms with Crippen LogP contribution in [0.5, 0.6) is 5.75 Å². The lowest BCUT2D eigenvalue weighted by Crippen LogP contribution is -2.21. The molecule has 26 heavy (non-hydrogen) atoms. The predicted molar refractivity (Wildman–Crippen MR) is 102 cm³/mol. The maximum Gasteiger partial charge on any atom is 0.225 e. The number of anilines is 3. The van der Waals surface area contributed by atoms with Gasteiger partial charge in [0.2, 0.25) is 5.95 Å². The van der Waals surface area contributed by atoms with E-state index in [0.29, 0.717) is 11.8 Å². The van der Waals surface area contributed by atoms with Gasteiger partial charge in [-0.25, -0.2) is 4.98 Å². The van der Waals surface area contributed by atoms with E-state index >= 15 is 0 Å². The van der Waals surface area contributed by atoms with Gasteiger partial charge in [0, 0.05) is 41.8 Å². The van der Waals surface area contributed by atoms with Crippen LogP contribution < -0.4 is 15.4 Å². The van der Waals surface area contributed by atoms with Crippen molar-refractivity contribution in [2.24, 2.45) is 0 Å². The second kappa shape index (κ2) is 8.26. The van der Waals surface area contributed by atoms with Gasteiger partial charge in [0.05, 0.1) is 19.4 Å².